The quantitative estimate of drug-likeness (QED) is 0.148. The van der Waals surface area contributed by atoms with E-state index in [4.69, 9.17) is 14.2 Å². The Hall–Kier alpha value is -3.18. The molecule has 0 aliphatic heterocycles. The molecule has 0 unspecified atom stereocenters. The van der Waals surface area contributed by atoms with Gasteiger partial charge in [-0.05, 0) is 25.7 Å². The lowest BCUT2D eigenvalue weighted by Crippen LogP contribution is -2.30. The Morgan fingerprint density at radius 1 is 0.571 bits per heavy atom. The Bertz CT molecular complexity index is 667. The molecule has 0 radical (unpaired) electrons. The van der Waals surface area contributed by atoms with E-state index in [-0.39, 0.29) is 45.2 Å². The van der Waals surface area contributed by atoms with E-state index in [1.54, 1.807) is 6.92 Å². The second kappa shape index (κ2) is 22.6. The largest absolute Gasteiger partial charge is 0.469 e. The summed E-state index contributed by atoms with van der Waals surface area (Å²) in [7, 11) is 1.29. The molecule has 2 N–H and O–H groups in total. The number of esters is 4. The number of methoxy groups -OCH3 is 1. The van der Waals surface area contributed by atoms with Gasteiger partial charge in [-0.15, -0.1) is 0 Å². The van der Waals surface area contributed by atoms with Gasteiger partial charge in [0, 0.05) is 32.4 Å². The summed E-state index contributed by atoms with van der Waals surface area (Å²) in [5.74, 6) is -3.00. The first-order valence-electron chi connectivity index (χ1n) is 11.4. The Balaban J connectivity index is 0. The van der Waals surface area contributed by atoms with Crippen LogP contribution in [0.25, 0.3) is 0 Å². The zero-order valence-electron chi connectivity index (χ0n) is 20.0. The molecule has 0 aromatic carbocycles. The van der Waals surface area contributed by atoms with E-state index in [0.717, 1.165) is 25.7 Å². The number of unbranched alkanes of at least 4 members (excludes halogenated alkanes) is 4. The second-order valence-corrected chi connectivity index (χ2v) is 7.23. The molecule has 0 aromatic rings. The van der Waals surface area contributed by atoms with Gasteiger partial charge in [0.1, 0.15) is 0 Å². The van der Waals surface area contributed by atoms with Crippen LogP contribution >= 0.6 is 0 Å². The molecule has 12 nitrogen and oxygen atoms in total. The third kappa shape index (κ3) is 22.4. The highest BCUT2D eigenvalue weighted by Crippen LogP contribution is 2.02. The highest BCUT2D eigenvalue weighted by Gasteiger charge is 2.11. The number of rotatable bonds is 19. The van der Waals surface area contributed by atoms with Gasteiger partial charge in [-0.3, -0.25) is 24.0 Å². The standard InChI is InChI=1S/C22H36N2O10.CH4/c1-3-19(27)32-14-17(25)23-12-8-4-5-9-13-24-18(26)15-33-22(30)16-34-21(29)11-7-6-10-20(28)31-2;/h3-16H2,1-2H3,(H,23,25)(H,24,26);1H4. The fourth-order valence-electron chi connectivity index (χ4n) is 2.45. The molecule has 202 valence electrons. The number of carbonyl (C=O) groups excluding carboxylic acids is 6. The summed E-state index contributed by atoms with van der Waals surface area (Å²) < 4.78 is 18.7. The number of hydrogen-bond donors (Lipinski definition) is 2. The summed E-state index contributed by atoms with van der Waals surface area (Å²) in [6.45, 7) is 1.21. The number of ether oxygens (including phenoxy) is 4. The van der Waals surface area contributed by atoms with E-state index in [1.165, 1.54) is 7.11 Å². The van der Waals surface area contributed by atoms with Crippen molar-refractivity contribution >= 4 is 35.7 Å². The number of hydrogen-bond acceptors (Lipinski definition) is 10. The molecule has 0 heterocycles. The van der Waals surface area contributed by atoms with Crippen molar-refractivity contribution in [2.24, 2.45) is 0 Å². The topological polar surface area (TPSA) is 163 Å². The zero-order chi connectivity index (χ0) is 25.6. The molecular weight excluding hydrogens is 464 g/mol. The van der Waals surface area contributed by atoms with Crippen LogP contribution < -0.4 is 10.6 Å². The summed E-state index contributed by atoms with van der Waals surface area (Å²) >= 11 is 0. The Morgan fingerprint density at radius 2 is 1.03 bits per heavy atom. The summed E-state index contributed by atoms with van der Waals surface area (Å²) in [5.41, 5.74) is 0. The summed E-state index contributed by atoms with van der Waals surface area (Å²) in [6.07, 6.45) is 4.53. The molecule has 0 saturated heterocycles. The van der Waals surface area contributed by atoms with Crippen molar-refractivity contribution in [3.63, 3.8) is 0 Å². The minimum absolute atomic E-state index is 0. The molecular formula is C23H40N2O10. The first kappa shape index (κ1) is 34.0. The number of carbonyl (C=O) groups is 6. The van der Waals surface area contributed by atoms with Crippen LogP contribution in [0.1, 0.15) is 72.1 Å². The van der Waals surface area contributed by atoms with Gasteiger partial charge < -0.3 is 29.6 Å². The lowest BCUT2D eigenvalue weighted by atomic mass is 10.2. The van der Waals surface area contributed by atoms with Gasteiger partial charge in [-0.1, -0.05) is 27.2 Å². The average molecular weight is 505 g/mol. The Morgan fingerprint density at radius 3 is 1.51 bits per heavy atom. The van der Waals surface area contributed by atoms with Crippen molar-refractivity contribution in [3.8, 4) is 0 Å². The summed E-state index contributed by atoms with van der Waals surface area (Å²) in [5, 5.41) is 5.27. The molecule has 0 fully saturated rings. The zero-order valence-corrected chi connectivity index (χ0v) is 20.0. The van der Waals surface area contributed by atoms with Crippen LogP contribution in [-0.4, -0.2) is 75.7 Å². The van der Waals surface area contributed by atoms with Crippen molar-refractivity contribution in [2.45, 2.75) is 72.1 Å². The minimum Gasteiger partial charge on any atom is -0.469 e. The van der Waals surface area contributed by atoms with Gasteiger partial charge in [0.2, 0.25) is 0 Å². The first-order chi connectivity index (χ1) is 16.3. The van der Waals surface area contributed by atoms with Gasteiger partial charge in [0.25, 0.3) is 11.8 Å². The Labute approximate surface area is 206 Å². The molecule has 0 atom stereocenters. The van der Waals surface area contributed by atoms with Crippen molar-refractivity contribution < 1.29 is 47.7 Å². The fraction of sp³-hybridized carbons (Fsp3) is 0.739. The van der Waals surface area contributed by atoms with Crippen molar-refractivity contribution in [1.82, 2.24) is 10.6 Å². The van der Waals surface area contributed by atoms with Crippen LogP contribution in [0.4, 0.5) is 0 Å². The molecule has 0 saturated carbocycles. The van der Waals surface area contributed by atoms with E-state index >= 15 is 0 Å². The van der Waals surface area contributed by atoms with E-state index in [9.17, 15) is 28.8 Å². The predicted octanol–water partition coefficient (Wildman–Crippen LogP) is 1.19. The Kier molecular flexibility index (Phi) is 22.0. The van der Waals surface area contributed by atoms with Crippen LogP contribution in [0.5, 0.6) is 0 Å². The highest BCUT2D eigenvalue weighted by atomic mass is 16.6. The van der Waals surface area contributed by atoms with Crippen LogP contribution in [-0.2, 0) is 47.7 Å². The van der Waals surface area contributed by atoms with Crippen molar-refractivity contribution in [2.75, 3.05) is 40.0 Å². The predicted molar refractivity (Wildman–Crippen MR) is 125 cm³/mol. The molecule has 12 heteroatoms. The fourth-order valence-corrected chi connectivity index (χ4v) is 2.45. The van der Waals surface area contributed by atoms with Gasteiger partial charge in [0.05, 0.1) is 7.11 Å². The average Bonchev–Trinajstić information content (AvgIpc) is 2.83. The van der Waals surface area contributed by atoms with Crippen molar-refractivity contribution in [1.29, 1.82) is 0 Å². The lowest BCUT2D eigenvalue weighted by molar-refractivity contribution is -0.160. The van der Waals surface area contributed by atoms with Crippen molar-refractivity contribution in [3.05, 3.63) is 0 Å². The molecule has 0 aliphatic rings. The van der Waals surface area contributed by atoms with Gasteiger partial charge >= 0.3 is 23.9 Å². The first-order valence-corrected chi connectivity index (χ1v) is 11.4. The molecule has 35 heavy (non-hydrogen) atoms. The van der Waals surface area contributed by atoms with E-state index in [2.05, 4.69) is 15.4 Å². The molecule has 0 rings (SSSR count). The highest BCUT2D eigenvalue weighted by molar-refractivity contribution is 5.82. The van der Waals surface area contributed by atoms with E-state index in [0.29, 0.717) is 25.9 Å². The SMILES string of the molecule is C.CCC(=O)OCC(=O)NCCCCCCNC(=O)COC(=O)COC(=O)CCCCC(=O)OC. The van der Waals surface area contributed by atoms with E-state index < -0.39 is 37.0 Å². The summed E-state index contributed by atoms with van der Waals surface area (Å²) in [4.78, 5) is 68.0. The maximum atomic E-state index is 11.7. The van der Waals surface area contributed by atoms with Crippen LogP contribution in [0.15, 0.2) is 0 Å². The monoisotopic (exact) mass is 504 g/mol. The molecule has 2 amide bonds. The van der Waals surface area contributed by atoms with Gasteiger partial charge in [-0.25, -0.2) is 4.79 Å². The normalized spacial score (nSPS) is 9.77. The van der Waals surface area contributed by atoms with E-state index in [1.807, 2.05) is 0 Å². The smallest absolute Gasteiger partial charge is 0.344 e. The third-order valence-electron chi connectivity index (χ3n) is 4.36. The molecule has 0 aromatic heterocycles. The second-order valence-electron chi connectivity index (χ2n) is 7.23. The maximum Gasteiger partial charge on any atom is 0.344 e. The molecule has 0 bridgehead atoms. The van der Waals surface area contributed by atoms with Crippen LogP contribution in [0.3, 0.4) is 0 Å². The maximum absolute atomic E-state index is 11.7. The van der Waals surface area contributed by atoms with Gasteiger partial charge in [0.15, 0.2) is 19.8 Å². The van der Waals surface area contributed by atoms with Crippen LogP contribution in [0, 0.1) is 0 Å². The third-order valence-corrected chi connectivity index (χ3v) is 4.36. The van der Waals surface area contributed by atoms with Gasteiger partial charge in [-0.2, -0.15) is 0 Å². The number of amides is 2. The van der Waals surface area contributed by atoms with Crippen LogP contribution in [0.2, 0.25) is 0 Å². The number of nitrogens with one attached hydrogen (secondary N) is 2. The summed E-state index contributed by atoms with van der Waals surface area (Å²) in [6, 6.07) is 0. The molecule has 0 spiro atoms. The molecule has 0 aliphatic carbocycles. The lowest BCUT2D eigenvalue weighted by Gasteiger charge is -2.08. The minimum atomic E-state index is -0.829.